The maximum atomic E-state index is 8.93. The van der Waals surface area contributed by atoms with Gasteiger partial charge in [0.1, 0.15) is 5.82 Å². The minimum Gasteiger partial charge on any atom is -0.396 e. The number of hydrogen-bond acceptors (Lipinski definition) is 7. The van der Waals surface area contributed by atoms with E-state index in [1.807, 2.05) is 13.2 Å². The summed E-state index contributed by atoms with van der Waals surface area (Å²) in [6, 6.07) is 0. The van der Waals surface area contributed by atoms with E-state index in [-0.39, 0.29) is 6.61 Å². The summed E-state index contributed by atoms with van der Waals surface area (Å²) in [5.74, 6) is 1.55. The Kier molecular flexibility index (Phi) is 4.92. The Labute approximate surface area is 136 Å². The molecule has 1 fully saturated rings. The van der Waals surface area contributed by atoms with Crippen LogP contribution >= 0.6 is 0 Å². The zero-order valence-corrected chi connectivity index (χ0v) is 13.9. The van der Waals surface area contributed by atoms with Gasteiger partial charge >= 0.3 is 0 Å². The van der Waals surface area contributed by atoms with Crippen LogP contribution in [-0.4, -0.2) is 75.6 Å². The number of aromatic nitrogens is 4. The molecule has 0 unspecified atom stereocenters. The van der Waals surface area contributed by atoms with E-state index in [0.717, 1.165) is 49.6 Å². The van der Waals surface area contributed by atoms with Crippen LogP contribution in [0.1, 0.15) is 13.3 Å². The molecule has 0 atom stereocenters. The second-order valence-electron chi connectivity index (χ2n) is 5.80. The van der Waals surface area contributed by atoms with Crippen molar-refractivity contribution in [2.45, 2.75) is 13.3 Å². The topological polar surface area (TPSA) is 82.3 Å². The van der Waals surface area contributed by atoms with E-state index in [9.17, 15) is 0 Å². The quantitative estimate of drug-likeness (QED) is 0.741. The lowest BCUT2D eigenvalue weighted by molar-refractivity contribution is 0.271. The van der Waals surface area contributed by atoms with Gasteiger partial charge in [0.25, 0.3) is 0 Å². The fourth-order valence-corrected chi connectivity index (χ4v) is 2.88. The number of nitrogens with zero attached hydrogens (tertiary/aromatic N) is 6. The normalized spacial score (nSPS) is 16.2. The van der Waals surface area contributed by atoms with E-state index in [1.165, 1.54) is 0 Å². The van der Waals surface area contributed by atoms with Gasteiger partial charge in [0.15, 0.2) is 5.65 Å². The molecule has 2 aromatic rings. The van der Waals surface area contributed by atoms with Crippen LogP contribution in [-0.2, 0) is 7.05 Å². The number of nitrogens with one attached hydrogen (secondary N) is 1. The fourth-order valence-electron chi connectivity index (χ4n) is 2.88. The van der Waals surface area contributed by atoms with Crippen LogP contribution < -0.4 is 10.2 Å². The Bertz CT molecular complexity index is 649. The number of aryl methyl sites for hydroxylation is 1. The van der Waals surface area contributed by atoms with Crippen molar-refractivity contribution in [3.8, 4) is 0 Å². The molecule has 126 valence electrons. The van der Waals surface area contributed by atoms with Crippen LogP contribution in [0.5, 0.6) is 0 Å². The molecular formula is C15H25N7O. The van der Waals surface area contributed by atoms with Crippen molar-refractivity contribution in [3.63, 3.8) is 0 Å². The summed E-state index contributed by atoms with van der Waals surface area (Å²) in [6.07, 6.45) is 2.52. The van der Waals surface area contributed by atoms with Crippen molar-refractivity contribution in [1.82, 2.24) is 24.6 Å². The first-order chi connectivity index (χ1) is 11.2. The van der Waals surface area contributed by atoms with Gasteiger partial charge in [-0.1, -0.05) is 6.92 Å². The molecule has 0 saturated carbocycles. The predicted octanol–water partition coefficient (Wildman–Crippen LogP) is 0.299. The molecular weight excluding hydrogens is 294 g/mol. The van der Waals surface area contributed by atoms with E-state index >= 15 is 0 Å². The van der Waals surface area contributed by atoms with Crippen LogP contribution in [0.2, 0.25) is 0 Å². The van der Waals surface area contributed by atoms with Gasteiger partial charge < -0.3 is 20.2 Å². The minimum atomic E-state index is 0.160. The number of rotatable bonds is 6. The zero-order valence-electron chi connectivity index (χ0n) is 13.9. The van der Waals surface area contributed by atoms with Crippen LogP contribution in [0.4, 0.5) is 11.8 Å². The summed E-state index contributed by atoms with van der Waals surface area (Å²) in [6.45, 7) is 8.13. The standard InChI is InChI=1S/C15H25N7O/c1-3-21-6-8-22(9-7-21)14-12-11-17-20(2)13(12)18-15(19-14)16-5-4-10-23/h11,23H,3-10H2,1-2H3,(H,16,18,19). The molecule has 0 radical (unpaired) electrons. The summed E-state index contributed by atoms with van der Waals surface area (Å²) in [5.41, 5.74) is 0.833. The Balaban J connectivity index is 1.88. The molecule has 23 heavy (non-hydrogen) atoms. The summed E-state index contributed by atoms with van der Waals surface area (Å²) in [4.78, 5) is 14.0. The Hall–Kier alpha value is -1.93. The lowest BCUT2D eigenvalue weighted by Gasteiger charge is -2.35. The second-order valence-corrected chi connectivity index (χ2v) is 5.80. The highest BCUT2D eigenvalue weighted by molar-refractivity contribution is 5.88. The SMILES string of the molecule is CCN1CCN(c2nc(NCCCO)nc3c2cnn3C)CC1. The summed E-state index contributed by atoms with van der Waals surface area (Å²) >= 11 is 0. The van der Waals surface area contributed by atoms with E-state index in [1.54, 1.807) is 4.68 Å². The number of piperazine rings is 1. The molecule has 3 rings (SSSR count). The number of aliphatic hydroxyl groups is 1. The van der Waals surface area contributed by atoms with Crippen LogP contribution in [0.25, 0.3) is 11.0 Å². The van der Waals surface area contributed by atoms with Gasteiger partial charge in [0.2, 0.25) is 5.95 Å². The number of anilines is 2. The van der Waals surface area contributed by atoms with E-state index in [0.29, 0.717) is 18.9 Å². The van der Waals surface area contributed by atoms with Crippen molar-refractivity contribution in [1.29, 1.82) is 0 Å². The van der Waals surface area contributed by atoms with Gasteiger partial charge in [-0.15, -0.1) is 0 Å². The monoisotopic (exact) mass is 319 g/mol. The molecule has 1 aliphatic heterocycles. The molecule has 3 heterocycles. The maximum absolute atomic E-state index is 8.93. The summed E-state index contributed by atoms with van der Waals surface area (Å²) < 4.78 is 1.78. The predicted molar refractivity (Wildman–Crippen MR) is 90.8 cm³/mol. The highest BCUT2D eigenvalue weighted by Crippen LogP contribution is 2.25. The molecule has 0 spiro atoms. The van der Waals surface area contributed by atoms with Crippen LogP contribution in [0, 0.1) is 0 Å². The largest absolute Gasteiger partial charge is 0.396 e. The molecule has 0 aromatic carbocycles. The third kappa shape index (κ3) is 3.37. The van der Waals surface area contributed by atoms with E-state index in [2.05, 4.69) is 32.1 Å². The second kappa shape index (κ2) is 7.10. The molecule has 1 saturated heterocycles. The summed E-state index contributed by atoms with van der Waals surface area (Å²) in [7, 11) is 1.89. The Morgan fingerprint density at radius 3 is 2.70 bits per heavy atom. The number of likely N-dealkylation sites (N-methyl/N-ethyl adjacent to an activating group) is 1. The first-order valence-electron chi connectivity index (χ1n) is 8.24. The molecule has 8 nitrogen and oxygen atoms in total. The first kappa shape index (κ1) is 15.9. The summed E-state index contributed by atoms with van der Waals surface area (Å²) in [5, 5.41) is 17.4. The van der Waals surface area contributed by atoms with Gasteiger partial charge in [-0.25, -0.2) is 0 Å². The lowest BCUT2D eigenvalue weighted by atomic mass is 10.3. The zero-order chi connectivity index (χ0) is 16.2. The Morgan fingerprint density at radius 2 is 2.00 bits per heavy atom. The average molecular weight is 319 g/mol. The molecule has 2 aromatic heterocycles. The van der Waals surface area contributed by atoms with Crippen molar-refractivity contribution >= 4 is 22.8 Å². The highest BCUT2D eigenvalue weighted by atomic mass is 16.3. The molecule has 0 bridgehead atoms. The van der Waals surface area contributed by atoms with Gasteiger partial charge in [-0.2, -0.15) is 15.1 Å². The van der Waals surface area contributed by atoms with Crippen molar-refractivity contribution < 1.29 is 5.11 Å². The number of fused-ring (bicyclic) bond motifs is 1. The van der Waals surface area contributed by atoms with Gasteiger partial charge in [-0.3, -0.25) is 4.68 Å². The molecule has 0 aliphatic carbocycles. The lowest BCUT2D eigenvalue weighted by Crippen LogP contribution is -2.46. The third-order valence-electron chi connectivity index (χ3n) is 4.31. The van der Waals surface area contributed by atoms with Gasteiger partial charge in [0, 0.05) is 46.4 Å². The van der Waals surface area contributed by atoms with Crippen molar-refractivity contribution in [3.05, 3.63) is 6.20 Å². The van der Waals surface area contributed by atoms with Crippen molar-refractivity contribution in [2.75, 3.05) is 56.1 Å². The van der Waals surface area contributed by atoms with E-state index in [4.69, 9.17) is 10.1 Å². The van der Waals surface area contributed by atoms with Crippen LogP contribution in [0.15, 0.2) is 6.20 Å². The maximum Gasteiger partial charge on any atom is 0.226 e. The minimum absolute atomic E-state index is 0.160. The molecule has 0 amide bonds. The molecule has 1 aliphatic rings. The van der Waals surface area contributed by atoms with Gasteiger partial charge in [-0.05, 0) is 13.0 Å². The van der Waals surface area contributed by atoms with Crippen LogP contribution in [0.3, 0.4) is 0 Å². The van der Waals surface area contributed by atoms with Crippen molar-refractivity contribution in [2.24, 2.45) is 7.05 Å². The fraction of sp³-hybridized carbons (Fsp3) is 0.667. The third-order valence-corrected chi connectivity index (χ3v) is 4.31. The number of hydrogen-bond donors (Lipinski definition) is 2. The number of aliphatic hydroxyl groups excluding tert-OH is 1. The Morgan fingerprint density at radius 1 is 1.22 bits per heavy atom. The molecule has 2 N–H and O–H groups in total. The van der Waals surface area contributed by atoms with Gasteiger partial charge in [0.05, 0.1) is 11.6 Å². The average Bonchev–Trinajstić information content (AvgIpc) is 2.96. The first-order valence-corrected chi connectivity index (χ1v) is 8.24. The van der Waals surface area contributed by atoms with E-state index < -0.39 is 0 Å². The smallest absolute Gasteiger partial charge is 0.226 e. The molecule has 8 heteroatoms. The highest BCUT2D eigenvalue weighted by Gasteiger charge is 2.21.